The van der Waals surface area contributed by atoms with Crippen molar-refractivity contribution in [2.45, 2.75) is 0 Å². The molecular formula is C6H5ClN4. The van der Waals surface area contributed by atoms with Gasteiger partial charge >= 0.3 is 0 Å². The summed E-state index contributed by atoms with van der Waals surface area (Å²) in [5.41, 5.74) is 1.54. The lowest BCUT2D eigenvalue weighted by molar-refractivity contribution is 0.736. The van der Waals surface area contributed by atoms with Gasteiger partial charge in [-0.25, -0.2) is 9.67 Å². The quantitative estimate of drug-likeness (QED) is 0.552. The number of hydrogen-bond acceptors (Lipinski definition) is 3. The summed E-state index contributed by atoms with van der Waals surface area (Å²) in [7, 11) is 1.81. The van der Waals surface area contributed by atoms with E-state index in [2.05, 4.69) is 15.3 Å². The summed E-state index contributed by atoms with van der Waals surface area (Å²) in [4.78, 5) is 3.87. The van der Waals surface area contributed by atoms with E-state index < -0.39 is 0 Å². The van der Waals surface area contributed by atoms with Crippen molar-refractivity contribution >= 4 is 22.6 Å². The van der Waals surface area contributed by atoms with Gasteiger partial charge in [-0.3, -0.25) is 0 Å². The maximum Gasteiger partial charge on any atom is 0.158 e. The third-order valence-corrected chi connectivity index (χ3v) is 1.76. The Morgan fingerprint density at radius 1 is 1.55 bits per heavy atom. The van der Waals surface area contributed by atoms with Crippen LogP contribution in [0.25, 0.3) is 11.0 Å². The van der Waals surface area contributed by atoms with E-state index >= 15 is 0 Å². The fourth-order valence-electron chi connectivity index (χ4n) is 0.933. The Hall–Kier alpha value is -1.16. The average molecular weight is 169 g/mol. The van der Waals surface area contributed by atoms with E-state index in [0.29, 0.717) is 10.7 Å². The van der Waals surface area contributed by atoms with Crippen LogP contribution in [0.1, 0.15) is 0 Å². The van der Waals surface area contributed by atoms with Crippen LogP contribution >= 0.6 is 11.6 Å². The van der Waals surface area contributed by atoms with Gasteiger partial charge in [0.1, 0.15) is 5.52 Å². The first-order valence-corrected chi connectivity index (χ1v) is 3.47. The normalized spacial score (nSPS) is 10.7. The molecule has 2 aromatic rings. The molecule has 0 saturated heterocycles. The van der Waals surface area contributed by atoms with Crippen LogP contribution in [0, 0.1) is 0 Å². The van der Waals surface area contributed by atoms with E-state index in [1.165, 1.54) is 0 Å². The van der Waals surface area contributed by atoms with E-state index in [4.69, 9.17) is 11.6 Å². The van der Waals surface area contributed by atoms with E-state index in [1.807, 2.05) is 13.1 Å². The SMILES string of the molecule is Cn1nnc2c(Cl)nccc21. The van der Waals surface area contributed by atoms with Gasteiger partial charge in [0.15, 0.2) is 5.15 Å². The predicted octanol–water partition coefficient (Wildman–Crippen LogP) is 1.02. The minimum absolute atomic E-state index is 0.399. The number of hydrogen-bond donors (Lipinski definition) is 0. The number of aromatic nitrogens is 4. The van der Waals surface area contributed by atoms with Gasteiger partial charge in [-0.05, 0) is 6.07 Å². The van der Waals surface area contributed by atoms with Crippen LogP contribution in [0.2, 0.25) is 5.15 Å². The first kappa shape index (κ1) is 6.54. The third kappa shape index (κ3) is 0.867. The Kier molecular flexibility index (Phi) is 1.29. The molecule has 0 aliphatic carbocycles. The molecule has 0 saturated carbocycles. The summed E-state index contributed by atoms with van der Waals surface area (Å²) in [5, 5.41) is 8.03. The molecule has 0 unspecified atom stereocenters. The van der Waals surface area contributed by atoms with Gasteiger partial charge in [-0.15, -0.1) is 5.10 Å². The molecule has 0 aromatic carbocycles. The smallest absolute Gasteiger partial charge is 0.158 e. The molecule has 0 radical (unpaired) electrons. The summed E-state index contributed by atoms with van der Waals surface area (Å²) >= 11 is 5.74. The van der Waals surface area contributed by atoms with Crippen molar-refractivity contribution in [3.63, 3.8) is 0 Å². The molecule has 0 N–H and O–H groups in total. The van der Waals surface area contributed by atoms with Crippen LogP contribution in [0.4, 0.5) is 0 Å². The molecule has 0 spiro atoms. The van der Waals surface area contributed by atoms with Gasteiger partial charge in [-0.1, -0.05) is 16.8 Å². The van der Waals surface area contributed by atoms with Crippen LogP contribution in [0.15, 0.2) is 12.3 Å². The van der Waals surface area contributed by atoms with Crippen LogP contribution in [0.3, 0.4) is 0 Å². The molecule has 2 aromatic heterocycles. The van der Waals surface area contributed by atoms with Gasteiger partial charge in [0.25, 0.3) is 0 Å². The molecule has 0 aliphatic heterocycles. The zero-order valence-corrected chi connectivity index (χ0v) is 6.58. The Labute approximate surface area is 67.8 Å². The van der Waals surface area contributed by atoms with Gasteiger partial charge < -0.3 is 0 Å². The van der Waals surface area contributed by atoms with Crippen molar-refractivity contribution in [3.8, 4) is 0 Å². The maximum atomic E-state index is 5.74. The minimum Gasteiger partial charge on any atom is -0.248 e. The zero-order chi connectivity index (χ0) is 7.84. The Bertz CT molecular complexity index is 394. The lowest BCUT2D eigenvalue weighted by atomic mass is 10.4. The Balaban J connectivity index is 2.94. The first-order valence-electron chi connectivity index (χ1n) is 3.09. The number of pyridine rings is 1. The summed E-state index contributed by atoms with van der Waals surface area (Å²) in [6, 6.07) is 1.82. The largest absolute Gasteiger partial charge is 0.248 e. The topological polar surface area (TPSA) is 43.6 Å². The van der Waals surface area contributed by atoms with E-state index in [-0.39, 0.29) is 0 Å². The maximum absolute atomic E-state index is 5.74. The number of rotatable bonds is 0. The number of fused-ring (bicyclic) bond motifs is 1. The fourth-order valence-corrected chi connectivity index (χ4v) is 1.12. The molecule has 2 rings (SSSR count). The predicted molar refractivity (Wildman–Crippen MR) is 41.3 cm³/mol. The highest BCUT2D eigenvalue weighted by atomic mass is 35.5. The van der Waals surface area contributed by atoms with E-state index in [9.17, 15) is 0 Å². The molecule has 0 amide bonds. The highest BCUT2D eigenvalue weighted by Gasteiger charge is 2.04. The molecule has 0 aliphatic rings. The summed E-state index contributed by atoms with van der Waals surface area (Å²) in [6.07, 6.45) is 1.63. The van der Waals surface area contributed by atoms with Gasteiger partial charge in [0.2, 0.25) is 0 Å². The molecule has 0 atom stereocenters. The van der Waals surface area contributed by atoms with E-state index in [1.54, 1.807) is 10.9 Å². The highest BCUT2D eigenvalue weighted by Crippen LogP contribution is 2.16. The van der Waals surface area contributed by atoms with Crippen LogP contribution in [-0.4, -0.2) is 20.0 Å². The first-order chi connectivity index (χ1) is 5.29. The standard InChI is InChI=1S/C6H5ClN4/c1-11-4-2-3-8-6(7)5(4)9-10-11/h2-3H,1H3. The summed E-state index contributed by atoms with van der Waals surface area (Å²) < 4.78 is 1.66. The van der Waals surface area contributed by atoms with Crippen molar-refractivity contribution in [2.24, 2.45) is 7.05 Å². The monoisotopic (exact) mass is 168 g/mol. The van der Waals surface area contributed by atoms with Crippen molar-refractivity contribution in [1.82, 2.24) is 20.0 Å². The third-order valence-electron chi connectivity index (χ3n) is 1.49. The fraction of sp³-hybridized carbons (Fsp3) is 0.167. The number of aryl methyl sites for hydroxylation is 1. The summed E-state index contributed by atoms with van der Waals surface area (Å²) in [5.74, 6) is 0. The zero-order valence-electron chi connectivity index (χ0n) is 5.82. The minimum atomic E-state index is 0.399. The molecular weight excluding hydrogens is 164 g/mol. The molecule has 4 nitrogen and oxygen atoms in total. The summed E-state index contributed by atoms with van der Waals surface area (Å²) in [6.45, 7) is 0. The second-order valence-electron chi connectivity index (χ2n) is 2.18. The molecule has 0 fully saturated rings. The second kappa shape index (κ2) is 2.17. The lowest BCUT2D eigenvalue weighted by Crippen LogP contribution is -1.88. The Morgan fingerprint density at radius 3 is 3.09 bits per heavy atom. The Morgan fingerprint density at radius 2 is 2.36 bits per heavy atom. The van der Waals surface area contributed by atoms with Crippen molar-refractivity contribution in [1.29, 1.82) is 0 Å². The lowest BCUT2D eigenvalue weighted by Gasteiger charge is -1.90. The molecule has 5 heteroatoms. The van der Waals surface area contributed by atoms with Crippen LogP contribution < -0.4 is 0 Å². The second-order valence-corrected chi connectivity index (χ2v) is 2.54. The van der Waals surface area contributed by atoms with Crippen LogP contribution in [-0.2, 0) is 7.05 Å². The van der Waals surface area contributed by atoms with Gasteiger partial charge in [0, 0.05) is 13.2 Å². The molecule has 0 bridgehead atoms. The van der Waals surface area contributed by atoms with Crippen molar-refractivity contribution in [2.75, 3.05) is 0 Å². The average Bonchev–Trinajstić information content (AvgIpc) is 2.35. The van der Waals surface area contributed by atoms with E-state index in [0.717, 1.165) is 5.52 Å². The number of halogens is 1. The van der Waals surface area contributed by atoms with Gasteiger partial charge in [-0.2, -0.15) is 0 Å². The van der Waals surface area contributed by atoms with Crippen LogP contribution in [0.5, 0.6) is 0 Å². The van der Waals surface area contributed by atoms with Gasteiger partial charge in [0.05, 0.1) is 5.52 Å². The highest BCUT2D eigenvalue weighted by molar-refractivity contribution is 6.33. The molecule has 11 heavy (non-hydrogen) atoms. The van der Waals surface area contributed by atoms with Crippen molar-refractivity contribution < 1.29 is 0 Å². The van der Waals surface area contributed by atoms with Crippen molar-refractivity contribution in [3.05, 3.63) is 17.4 Å². The molecule has 56 valence electrons. The number of nitrogens with zero attached hydrogens (tertiary/aromatic N) is 4. The molecule has 2 heterocycles.